The number of carboxylic acids is 1. The maximum absolute atomic E-state index is 10.6. The maximum atomic E-state index is 10.6. The number of aromatic carboxylic acids is 1. The molecule has 0 saturated carbocycles. The second-order valence-corrected chi connectivity index (χ2v) is 4.35. The minimum absolute atomic E-state index is 0.160. The number of hydrogen-bond acceptors (Lipinski definition) is 6. The van der Waals surface area contributed by atoms with E-state index in [4.69, 9.17) is 5.11 Å². The lowest BCUT2D eigenvalue weighted by atomic mass is 10.5. The molecule has 0 aromatic carbocycles. The molecule has 0 aliphatic rings. The predicted molar refractivity (Wildman–Crippen MR) is 63.6 cm³/mol. The van der Waals surface area contributed by atoms with E-state index in [1.807, 2.05) is 0 Å². The number of aryl methyl sites for hydroxylation is 2. The van der Waals surface area contributed by atoms with Gasteiger partial charge in [-0.05, 0) is 20.9 Å². The highest BCUT2D eigenvalue weighted by molar-refractivity contribution is 9.10. The van der Waals surface area contributed by atoms with Gasteiger partial charge in [0.2, 0.25) is 0 Å². The highest BCUT2D eigenvalue weighted by Crippen LogP contribution is 2.21. The number of nitro groups is 1. The summed E-state index contributed by atoms with van der Waals surface area (Å²) < 4.78 is 2.97. The lowest BCUT2D eigenvalue weighted by Gasteiger charge is -1.96. The summed E-state index contributed by atoms with van der Waals surface area (Å²) in [5.74, 6) is -1.44. The Hall–Kier alpha value is -2.30. The molecular weight excluding hydrogens is 324 g/mol. The van der Waals surface area contributed by atoms with Crippen LogP contribution in [-0.4, -0.2) is 40.8 Å². The molecule has 100 valence electrons. The zero-order valence-electron chi connectivity index (χ0n) is 9.30. The topological polar surface area (TPSA) is 129 Å². The molecule has 0 saturated heterocycles. The van der Waals surface area contributed by atoms with Gasteiger partial charge in [-0.3, -0.25) is 0 Å². The van der Waals surface area contributed by atoms with E-state index in [1.165, 1.54) is 21.8 Å². The molecule has 2 heterocycles. The van der Waals surface area contributed by atoms with Crippen molar-refractivity contribution in [3.8, 4) is 0 Å². The van der Waals surface area contributed by atoms with Gasteiger partial charge in [-0.2, -0.15) is 4.68 Å². The summed E-state index contributed by atoms with van der Waals surface area (Å²) in [4.78, 5) is 20.6. The Morgan fingerprint density at radius 3 is 2.63 bits per heavy atom. The van der Waals surface area contributed by atoms with Gasteiger partial charge in [0.1, 0.15) is 4.47 Å². The second kappa shape index (κ2) is 5.14. The first-order valence-corrected chi connectivity index (χ1v) is 5.77. The van der Waals surface area contributed by atoms with Gasteiger partial charge in [-0.25, -0.2) is 9.48 Å². The van der Waals surface area contributed by atoms with Crippen molar-refractivity contribution in [3.63, 3.8) is 0 Å². The number of hydrogen-bond donors (Lipinski definition) is 1. The van der Waals surface area contributed by atoms with Crippen LogP contribution in [0, 0.1) is 10.1 Å². The Morgan fingerprint density at radius 2 is 2.11 bits per heavy atom. The van der Waals surface area contributed by atoms with Crippen LogP contribution in [0.4, 0.5) is 5.82 Å². The molecule has 10 nitrogen and oxygen atoms in total. The average Bonchev–Trinajstić information content (AvgIpc) is 2.92. The summed E-state index contributed by atoms with van der Waals surface area (Å²) in [6, 6.07) is 0. The molecule has 0 bridgehead atoms. The van der Waals surface area contributed by atoms with E-state index in [2.05, 4.69) is 31.3 Å². The molecule has 0 aliphatic heterocycles. The number of rotatable bonds is 5. The van der Waals surface area contributed by atoms with Crippen LogP contribution in [0.5, 0.6) is 0 Å². The number of aromatic nitrogens is 5. The second-order valence-electron chi connectivity index (χ2n) is 3.49. The third-order valence-corrected chi connectivity index (χ3v) is 2.75. The van der Waals surface area contributed by atoms with E-state index in [1.54, 1.807) is 0 Å². The van der Waals surface area contributed by atoms with Crippen LogP contribution in [0.15, 0.2) is 16.9 Å². The number of carbonyl (C=O) groups is 1. The Kier molecular flexibility index (Phi) is 3.55. The van der Waals surface area contributed by atoms with Gasteiger partial charge in [0.05, 0.1) is 30.6 Å². The summed E-state index contributed by atoms with van der Waals surface area (Å²) in [6.45, 7) is 0.598. The van der Waals surface area contributed by atoms with Crippen LogP contribution >= 0.6 is 15.9 Å². The van der Waals surface area contributed by atoms with Crippen LogP contribution in [-0.2, 0) is 13.1 Å². The quantitative estimate of drug-likeness (QED) is 0.625. The van der Waals surface area contributed by atoms with Crippen LogP contribution in [0.1, 0.15) is 10.5 Å². The fraction of sp³-hybridized carbons (Fsp3) is 0.250. The molecule has 19 heavy (non-hydrogen) atoms. The van der Waals surface area contributed by atoms with Gasteiger partial charge in [-0.15, -0.1) is 5.10 Å². The first-order valence-electron chi connectivity index (χ1n) is 4.98. The molecule has 2 aromatic heterocycles. The fourth-order valence-corrected chi connectivity index (χ4v) is 1.80. The van der Waals surface area contributed by atoms with E-state index in [-0.39, 0.29) is 16.0 Å². The summed E-state index contributed by atoms with van der Waals surface area (Å²) in [5, 5.41) is 30.1. The number of carboxylic acid groups (broad SMARTS) is 1. The van der Waals surface area contributed by atoms with E-state index in [9.17, 15) is 14.9 Å². The zero-order chi connectivity index (χ0) is 14.0. The number of halogens is 1. The minimum atomic E-state index is -1.16. The van der Waals surface area contributed by atoms with Crippen molar-refractivity contribution < 1.29 is 14.8 Å². The summed E-state index contributed by atoms with van der Waals surface area (Å²) >= 11 is 3.03. The summed E-state index contributed by atoms with van der Waals surface area (Å²) in [5.41, 5.74) is -0.160. The Bertz CT molecular complexity index is 635. The maximum Gasteiger partial charge on any atom is 0.404 e. The predicted octanol–water partition coefficient (Wildman–Crippen LogP) is 0.544. The van der Waals surface area contributed by atoms with E-state index < -0.39 is 10.9 Å². The van der Waals surface area contributed by atoms with Gasteiger partial charge in [0, 0.05) is 0 Å². The Labute approximate surface area is 113 Å². The van der Waals surface area contributed by atoms with E-state index in [0.717, 1.165) is 0 Å². The molecule has 0 radical (unpaired) electrons. The first-order chi connectivity index (χ1) is 8.97. The van der Waals surface area contributed by atoms with Crippen LogP contribution in [0.2, 0.25) is 0 Å². The summed E-state index contributed by atoms with van der Waals surface area (Å²) in [6.07, 6.45) is 2.74. The minimum Gasteiger partial charge on any atom is -0.476 e. The van der Waals surface area contributed by atoms with Crippen molar-refractivity contribution >= 4 is 27.7 Å². The van der Waals surface area contributed by atoms with Gasteiger partial charge in [0.25, 0.3) is 0 Å². The van der Waals surface area contributed by atoms with Crippen LogP contribution in [0.3, 0.4) is 0 Å². The molecule has 1 N–H and O–H groups in total. The lowest BCUT2D eigenvalue weighted by molar-refractivity contribution is -0.390. The van der Waals surface area contributed by atoms with Gasteiger partial charge >= 0.3 is 11.8 Å². The molecule has 2 rings (SSSR count). The summed E-state index contributed by atoms with van der Waals surface area (Å²) in [7, 11) is 0. The van der Waals surface area contributed by atoms with Crippen molar-refractivity contribution in [3.05, 3.63) is 32.7 Å². The molecule has 0 amide bonds. The van der Waals surface area contributed by atoms with Crippen molar-refractivity contribution in [2.75, 3.05) is 0 Å². The highest BCUT2D eigenvalue weighted by Gasteiger charge is 2.18. The molecule has 0 aliphatic carbocycles. The first kappa shape index (κ1) is 13.1. The smallest absolute Gasteiger partial charge is 0.404 e. The third-order valence-electron chi connectivity index (χ3n) is 2.19. The molecule has 0 spiro atoms. The molecule has 0 fully saturated rings. The van der Waals surface area contributed by atoms with Gasteiger partial charge in [0.15, 0.2) is 5.69 Å². The van der Waals surface area contributed by atoms with Gasteiger partial charge in [-0.1, -0.05) is 5.21 Å². The molecule has 11 heteroatoms. The highest BCUT2D eigenvalue weighted by atomic mass is 79.9. The molecular formula is C8H7BrN6O4. The standard InChI is InChI=1S/C8H7BrN6O4/c9-5-3-13(11-7(5)15(18)19)1-2-14-4-6(8(16)17)10-12-14/h3-4H,1-2H2,(H,16,17). The average molecular weight is 331 g/mol. The van der Waals surface area contributed by atoms with Crippen LogP contribution < -0.4 is 0 Å². The zero-order valence-corrected chi connectivity index (χ0v) is 10.9. The fourth-order valence-electron chi connectivity index (χ4n) is 1.34. The van der Waals surface area contributed by atoms with E-state index >= 15 is 0 Å². The molecule has 0 atom stereocenters. The third kappa shape index (κ3) is 2.93. The van der Waals surface area contributed by atoms with Crippen molar-refractivity contribution in [1.29, 1.82) is 0 Å². The van der Waals surface area contributed by atoms with E-state index in [0.29, 0.717) is 13.1 Å². The van der Waals surface area contributed by atoms with Crippen molar-refractivity contribution in [2.45, 2.75) is 13.1 Å². The molecule has 0 unspecified atom stereocenters. The molecule has 2 aromatic rings. The number of nitrogens with zero attached hydrogens (tertiary/aromatic N) is 6. The van der Waals surface area contributed by atoms with Gasteiger partial charge < -0.3 is 15.2 Å². The Morgan fingerprint density at radius 1 is 1.42 bits per heavy atom. The van der Waals surface area contributed by atoms with Crippen molar-refractivity contribution in [1.82, 2.24) is 24.8 Å². The normalized spacial score (nSPS) is 10.6. The monoisotopic (exact) mass is 330 g/mol. The lowest BCUT2D eigenvalue weighted by Crippen LogP contribution is -2.08. The van der Waals surface area contributed by atoms with Crippen molar-refractivity contribution in [2.24, 2.45) is 0 Å². The van der Waals surface area contributed by atoms with Crippen LogP contribution in [0.25, 0.3) is 0 Å². The Balaban J connectivity index is 2.03. The largest absolute Gasteiger partial charge is 0.476 e. The SMILES string of the molecule is O=C(O)c1cn(CCn2cc(Br)c([N+](=O)[O-])n2)nn1.